The van der Waals surface area contributed by atoms with Gasteiger partial charge in [0.05, 0.1) is 24.6 Å². The van der Waals surface area contributed by atoms with E-state index < -0.39 is 23.2 Å². The zero-order chi connectivity index (χ0) is 23.0. The molecule has 0 spiro atoms. The van der Waals surface area contributed by atoms with Crippen molar-refractivity contribution >= 4 is 23.2 Å². The van der Waals surface area contributed by atoms with Crippen LogP contribution in [0.3, 0.4) is 0 Å². The van der Waals surface area contributed by atoms with Gasteiger partial charge in [0.25, 0.3) is 5.56 Å². The molecule has 10 heteroatoms. The Balaban J connectivity index is 1.81. The van der Waals surface area contributed by atoms with E-state index in [9.17, 15) is 19.5 Å². The molecule has 0 aliphatic carbocycles. The molecule has 9 nitrogen and oxygen atoms in total. The zero-order valence-corrected chi connectivity index (χ0v) is 18.0. The van der Waals surface area contributed by atoms with Gasteiger partial charge in [-0.2, -0.15) is 5.10 Å². The lowest BCUT2D eigenvalue weighted by Gasteiger charge is -2.20. The summed E-state index contributed by atoms with van der Waals surface area (Å²) in [6, 6.07) is 12.9. The van der Waals surface area contributed by atoms with Crippen molar-refractivity contribution in [3.8, 4) is 17.3 Å². The predicted molar refractivity (Wildman–Crippen MR) is 119 cm³/mol. The highest BCUT2D eigenvalue weighted by Crippen LogP contribution is 2.34. The van der Waals surface area contributed by atoms with E-state index in [4.69, 9.17) is 16.3 Å². The van der Waals surface area contributed by atoms with Crippen molar-refractivity contribution in [3.05, 3.63) is 85.5 Å². The lowest BCUT2D eigenvalue weighted by atomic mass is 9.99. The summed E-state index contributed by atoms with van der Waals surface area (Å²) in [5.41, 5.74) is -0.594. The number of carbonyl (C=O) groups is 1. The summed E-state index contributed by atoms with van der Waals surface area (Å²) < 4.78 is 6.11. The van der Waals surface area contributed by atoms with E-state index in [2.05, 4.69) is 10.1 Å². The number of nitrogens with zero attached hydrogens (tertiary/aromatic N) is 3. The molecule has 2 aromatic carbocycles. The number of nitrogens with one attached hydrogen (secondary N) is 1. The van der Waals surface area contributed by atoms with Crippen LogP contribution in [0.15, 0.2) is 63.2 Å². The maximum atomic E-state index is 12.6. The second kappa shape index (κ2) is 8.35. The number of carbonyl (C=O) groups excluding carboxylic acids is 1. The highest BCUT2D eigenvalue weighted by molar-refractivity contribution is 6.30. The molecule has 164 valence electrons. The molecule has 0 saturated heterocycles. The fourth-order valence-electron chi connectivity index (χ4n) is 3.68. The van der Waals surface area contributed by atoms with Crippen LogP contribution in [0.2, 0.25) is 5.02 Å². The number of aromatic amines is 1. The fourth-order valence-corrected chi connectivity index (χ4v) is 3.86. The number of aromatic nitrogens is 2. The molecule has 0 unspecified atom stereocenters. The number of hydrogen-bond donors (Lipinski definition) is 2. The molecule has 4 rings (SSSR count). The first kappa shape index (κ1) is 21.4. The third-order valence-electron chi connectivity index (χ3n) is 5.17. The number of amides is 1. The van der Waals surface area contributed by atoms with E-state index in [-0.39, 0.29) is 29.3 Å². The summed E-state index contributed by atoms with van der Waals surface area (Å²) in [6.07, 6.45) is 0.163. The zero-order valence-electron chi connectivity index (χ0n) is 17.2. The van der Waals surface area contributed by atoms with Gasteiger partial charge >= 0.3 is 5.69 Å². The van der Waals surface area contributed by atoms with Crippen molar-refractivity contribution in [2.75, 3.05) is 7.11 Å². The van der Waals surface area contributed by atoms with Gasteiger partial charge in [-0.25, -0.2) is 14.4 Å². The van der Waals surface area contributed by atoms with Crippen molar-refractivity contribution < 1.29 is 14.6 Å². The third-order valence-corrected chi connectivity index (χ3v) is 5.41. The van der Waals surface area contributed by atoms with Crippen LogP contribution < -0.4 is 16.0 Å². The van der Waals surface area contributed by atoms with Crippen molar-refractivity contribution in [1.82, 2.24) is 14.6 Å². The molecule has 3 aromatic rings. The Hall–Kier alpha value is -3.85. The summed E-state index contributed by atoms with van der Waals surface area (Å²) >= 11 is 6.01. The molecule has 0 bridgehead atoms. The van der Waals surface area contributed by atoms with Gasteiger partial charge in [0, 0.05) is 18.4 Å². The van der Waals surface area contributed by atoms with Crippen LogP contribution in [0, 0.1) is 0 Å². The van der Waals surface area contributed by atoms with E-state index in [0.29, 0.717) is 10.8 Å². The molecule has 1 atom stereocenters. The minimum Gasteiger partial charge on any atom is -0.497 e. The Labute approximate surface area is 187 Å². The van der Waals surface area contributed by atoms with Gasteiger partial charge in [0.2, 0.25) is 11.8 Å². The highest BCUT2D eigenvalue weighted by atomic mass is 35.5. The Morgan fingerprint density at radius 3 is 2.56 bits per heavy atom. The van der Waals surface area contributed by atoms with Crippen LogP contribution >= 0.6 is 11.6 Å². The number of H-pyrrole nitrogens is 1. The number of hydrogen-bond acceptors (Lipinski definition) is 6. The Bertz CT molecular complexity index is 1340. The maximum absolute atomic E-state index is 12.6. The average Bonchev–Trinajstić information content (AvgIpc) is 3.19. The molecular weight excluding hydrogens is 436 g/mol. The van der Waals surface area contributed by atoms with Gasteiger partial charge in [0.15, 0.2) is 0 Å². The van der Waals surface area contributed by atoms with Crippen LogP contribution in [-0.2, 0) is 4.79 Å². The van der Waals surface area contributed by atoms with Crippen molar-refractivity contribution in [2.24, 2.45) is 5.10 Å². The largest absolute Gasteiger partial charge is 0.497 e. The minimum absolute atomic E-state index is 0.163. The van der Waals surface area contributed by atoms with Gasteiger partial charge < -0.3 is 9.84 Å². The molecule has 0 fully saturated rings. The second-order valence-electron chi connectivity index (χ2n) is 7.18. The number of methoxy groups -OCH3 is 1. The number of halogens is 1. The van der Waals surface area contributed by atoms with E-state index in [1.54, 1.807) is 49.6 Å². The highest BCUT2D eigenvalue weighted by Gasteiger charge is 2.34. The average molecular weight is 455 g/mol. The Morgan fingerprint density at radius 2 is 1.94 bits per heavy atom. The topological polar surface area (TPSA) is 117 Å². The number of rotatable bonds is 4. The van der Waals surface area contributed by atoms with Crippen molar-refractivity contribution in [3.63, 3.8) is 0 Å². The first-order valence-corrected chi connectivity index (χ1v) is 10.0. The maximum Gasteiger partial charge on any atom is 0.335 e. The molecule has 2 N–H and O–H groups in total. The van der Waals surface area contributed by atoms with Crippen LogP contribution in [0.4, 0.5) is 0 Å². The molecule has 32 heavy (non-hydrogen) atoms. The van der Waals surface area contributed by atoms with Gasteiger partial charge in [-0.05, 0) is 35.9 Å². The summed E-state index contributed by atoms with van der Waals surface area (Å²) in [6.45, 7) is 1.36. The third kappa shape index (κ3) is 3.78. The molecule has 1 aliphatic rings. The van der Waals surface area contributed by atoms with E-state index in [1.807, 2.05) is 0 Å². The summed E-state index contributed by atoms with van der Waals surface area (Å²) in [4.78, 5) is 39.6. The molecule has 1 amide bonds. The first-order valence-electron chi connectivity index (χ1n) is 9.66. The summed E-state index contributed by atoms with van der Waals surface area (Å²) in [5, 5.41) is 16.8. The standard InChI is InChI=1S/C22H19ClN4O5/c1-12(28)27-18(13-6-8-16(32-2)9-7-13)11-17(25-27)19-20(29)24-22(31)26(21(19)30)15-5-3-4-14(23)10-15/h3-10,18,30H,11H2,1-2H3,(H,24,29,31)/t18-/m1/s1. The Kier molecular flexibility index (Phi) is 5.58. The van der Waals surface area contributed by atoms with Crippen LogP contribution in [0.5, 0.6) is 11.6 Å². The quantitative estimate of drug-likeness (QED) is 0.628. The van der Waals surface area contributed by atoms with Crippen LogP contribution in [-0.4, -0.2) is 38.4 Å². The number of aromatic hydroxyl groups is 1. The number of benzene rings is 2. The van der Waals surface area contributed by atoms with E-state index in [0.717, 1.165) is 10.1 Å². The summed E-state index contributed by atoms with van der Waals surface area (Å²) in [5.74, 6) is -0.261. The smallest absolute Gasteiger partial charge is 0.335 e. The second-order valence-corrected chi connectivity index (χ2v) is 7.61. The number of hydrazone groups is 1. The lowest BCUT2D eigenvalue weighted by Crippen LogP contribution is -2.33. The lowest BCUT2D eigenvalue weighted by molar-refractivity contribution is -0.130. The molecule has 0 saturated carbocycles. The predicted octanol–water partition coefficient (Wildman–Crippen LogP) is 2.59. The minimum atomic E-state index is -0.827. The molecule has 1 aliphatic heterocycles. The first-order chi connectivity index (χ1) is 15.3. The van der Waals surface area contributed by atoms with E-state index >= 15 is 0 Å². The summed E-state index contributed by atoms with van der Waals surface area (Å²) in [7, 11) is 1.55. The van der Waals surface area contributed by atoms with Crippen molar-refractivity contribution in [2.45, 2.75) is 19.4 Å². The van der Waals surface area contributed by atoms with E-state index in [1.165, 1.54) is 18.0 Å². The van der Waals surface area contributed by atoms with Gasteiger partial charge in [-0.15, -0.1) is 0 Å². The van der Waals surface area contributed by atoms with Gasteiger partial charge in [-0.3, -0.25) is 14.6 Å². The molecule has 0 radical (unpaired) electrons. The normalized spacial score (nSPS) is 15.5. The molecule has 2 heterocycles. The van der Waals surface area contributed by atoms with Crippen LogP contribution in [0.1, 0.15) is 30.5 Å². The number of ether oxygens (including phenoxy) is 1. The van der Waals surface area contributed by atoms with Gasteiger partial charge in [0.1, 0.15) is 11.3 Å². The monoisotopic (exact) mass is 454 g/mol. The molecular formula is C22H19ClN4O5. The SMILES string of the molecule is COc1ccc([C@H]2CC(c3c(O)n(-c4cccc(Cl)c4)c(=O)[nH]c3=O)=NN2C(C)=O)cc1. The Morgan fingerprint density at radius 1 is 1.22 bits per heavy atom. The van der Waals surface area contributed by atoms with Crippen molar-refractivity contribution in [1.29, 1.82) is 0 Å². The fraction of sp³-hybridized carbons (Fsp3) is 0.182. The van der Waals surface area contributed by atoms with Gasteiger partial charge in [-0.1, -0.05) is 29.8 Å². The van der Waals surface area contributed by atoms with Crippen LogP contribution in [0.25, 0.3) is 5.69 Å². The molecule has 1 aromatic heterocycles.